The minimum Gasteiger partial charge on any atom is -0.462 e. The van der Waals surface area contributed by atoms with Gasteiger partial charge in [-0.3, -0.25) is 28.0 Å². The molecule has 0 aromatic carbocycles. The van der Waals surface area contributed by atoms with Gasteiger partial charge in [0.05, 0.1) is 19.8 Å². The highest BCUT2D eigenvalue weighted by molar-refractivity contribution is 7.48. The number of phosphoric acid groups is 1. The summed E-state index contributed by atoms with van der Waals surface area (Å²) in [5, 5.41) is 0. The van der Waals surface area contributed by atoms with Crippen LogP contribution in [0.25, 0.3) is 0 Å². The summed E-state index contributed by atoms with van der Waals surface area (Å²) in [4.78, 5) is 31.6. The molecule has 11 heteroatoms. The Balaban J connectivity index is 0. The van der Waals surface area contributed by atoms with Crippen LogP contribution in [0.3, 0.4) is 0 Å². The number of unbranched alkanes of at least 4 members (excludes halogenated alkanes) is 3. The van der Waals surface area contributed by atoms with Crippen LogP contribution >= 0.6 is 7.82 Å². The lowest BCUT2D eigenvalue weighted by Crippen LogP contribution is -2.29. The number of esters is 3. The molecule has 190 valence electrons. The van der Waals surface area contributed by atoms with Gasteiger partial charge in [0.1, 0.15) is 13.2 Å². The van der Waals surface area contributed by atoms with E-state index in [-0.39, 0.29) is 13.2 Å². The summed E-state index contributed by atoms with van der Waals surface area (Å²) in [7, 11) is -3.31. The number of phosphoric ester groups is 1. The molecule has 0 aromatic rings. The summed E-state index contributed by atoms with van der Waals surface area (Å²) in [5.41, 5.74) is 0. The molecule has 0 rings (SSSR count). The molecule has 0 spiro atoms. The Morgan fingerprint density at radius 1 is 0.656 bits per heavy atom. The summed E-state index contributed by atoms with van der Waals surface area (Å²) in [6.45, 7) is 10.9. The van der Waals surface area contributed by atoms with Crippen molar-refractivity contribution in [3.05, 3.63) is 0 Å². The van der Waals surface area contributed by atoms with Crippen LogP contribution in [0.2, 0.25) is 0 Å². The first-order chi connectivity index (χ1) is 15.1. The molecule has 10 nitrogen and oxygen atoms in total. The molecule has 0 amide bonds. The van der Waals surface area contributed by atoms with Crippen LogP contribution in [0.15, 0.2) is 0 Å². The Kier molecular flexibility index (Phi) is 21.8. The number of carbonyl (C=O) groups is 3. The van der Waals surface area contributed by atoms with Crippen LogP contribution in [0, 0.1) is 0 Å². The molecule has 0 aromatic heterocycles. The van der Waals surface area contributed by atoms with Gasteiger partial charge in [-0.1, -0.05) is 40.0 Å². The number of hydrogen-bond donors (Lipinski definition) is 0. The third-order valence-corrected chi connectivity index (χ3v) is 5.02. The second kappa shape index (κ2) is 21.4. The maximum atomic E-state index is 12.2. The van der Waals surface area contributed by atoms with Crippen molar-refractivity contribution in [1.29, 1.82) is 0 Å². The molecule has 0 aliphatic heterocycles. The first-order valence-electron chi connectivity index (χ1n) is 11.1. The standard InChI is InChI=1S/C12H27O4P.C9H14O6/c1-4-7-10-14-17(13,15-11-8-5-2)16-12-9-6-3;1-6(10)13-4-9(15-8(3)12)5-14-7(2)11/h4-12H2,1-3H3;9H,4-5H2,1-3H3. The molecule has 0 saturated heterocycles. The Morgan fingerprint density at radius 3 is 1.25 bits per heavy atom. The number of ether oxygens (including phenoxy) is 3. The van der Waals surface area contributed by atoms with E-state index in [9.17, 15) is 18.9 Å². The molecular formula is C21H41O10P. The molecule has 0 radical (unpaired) electrons. The van der Waals surface area contributed by atoms with Gasteiger partial charge in [-0.25, -0.2) is 4.57 Å². The molecule has 0 saturated carbocycles. The van der Waals surface area contributed by atoms with Gasteiger partial charge in [-0.15, -0.1) is 0 Å². The highest BCUT2D eigenvalue weighted by Crippen LogP contribution is 2.49. The smallest absolute Gasteiger partial charge is 0.462 e. The second-order valence-corrected chi connectivity index (χ2v) is 8.51. The van der Waals surface area contributed by atoms with Gasteiger partial charge in [0.25, 0.3) is 0 Å². The maximum Gasteiger partial charge on any atom is 0.474 e. The van der Waals surface area contributed by atoms with Gasteiger partial charge in [0.15, 0.2) is 6.10 Å². The van der Waals surface area contributed by atoms with E-state index in [2.05, 4.69) is 30.2 Å². The SMILES string of the molecule is CC(=O)OCC(COC(C)=O)OC(C)=O.CCCCOP(=O)(OCCCC)OCCCC. The van der Waals surface area contributed by atoms with Crippen molar-refractivity contribution >= 4 is 25.7 Å². The van der Waals surface area contributed by atoms with Gasteiger partial charge in [0.2, 0.25) is 0 Å². The van der Waals surface area contributed by atoms with Gasteiger partial charge in [-0.05, 0) is 19.3 Å². The molecule has 0 bridgehead atoms. The van der Waals surface area contributed by atoms with E-state index < -0.39 is 31.8 Å². The molecule has 0 unspecified atom stereocenters. The highest BCUT2D eigenvalue weighted by atomic mass is 31.2. The topological polar surface area (TPSA) is 124 Å². The van der Waals surface area contributed by atoms with Crippen molar-refractivity contribution in [3.63, 3.8) is 0 Å². The van der Waals surface area contributed by atoms with Crippen LogP contribution in [0.1, 0.15) is 80.1 Å². The molecule has 0 N–H and O–H groups in total. The normalized spacial score (nSPS) is 10.8. The van der Waals surface area contributed by atoms with Crippen LogP contribution < -0.4 is 0 Å². The Hall–Kier alpha value is -1.48. The summed E-state index contributed by atoms with van der Waals surface area (Å²) in [5.74, 6) is -1.51. The van der Waals surface area contributed by atoms with Crippen molar-refractivity contribution in [2.24, 2.45) is 0 Å². The average molecular weight is 485 g/mol. The monoisotopic (exact) mass is 484 g/mol. The van der Waals surface area contributed by atoms with Crippen molar-refractivity contribution in [2.75, 3.05) is 33.0 Å². The van der Waals surface area contributed by atoms with E-state index in [0.29, 0.717) is 19.8 Å². The molecular weight excluding hydrogens is 443 g/mol. The third kappa shape index (κ3) is 23.2. The third-order valence-electron chi connectivity index (χ3n) is 3.52. The lowest BCUT2D eigenvalue weighted by Gasteiger charge is -2.17. The van der Waals surface area contributed by atoms with E-state index in [1.165, 1.54) is 20.8 Å². The molecule has 0 fully saturated rings. The molecule has 0 heterocycles. The van der Waals surface area contributed by atoms with E-state index in [1.807, 2.05) is 0 Å². The predicted octanol–water partition coefficient (Wildman–Crippen LogP) is 4.59. The van der Waals surface area contributed by atoms with Crippen molar-refractivity contribution in [3.8, 4) is 0 Å². The summed E-state index contributed by atoms with van der Waals surface area (Å²) in [6, 6.07) is 0. The maximum absolute atomic E-state index is 12.2. The molecule has 32 heavy (non-hydrogen) atoms. The van der Waals surface area contributed by atoms with Crippen LogP contribution in [0.5, 0.6) is 0 Å². The van der Waals surface area contributed by atoms with Gasteiger partial charge < -0.3 is 14.2 Å². The van der Waals surface area contributed by atoms with Gasteiger partial charge >= 0.3 is 25.7 Å². The second-order valence-electron chi connectivity index (χ2n) is 6.84. The summed E-state index contributed by atoms with van der Waals surface area (Å²) in [6.07, 6.45) is 4.88. The zero-order valence-corrected chi connectivity index (χ0v) is 21.3. The quantitative estimate of drug-likeness (QED) is 0.125. The van der Waals surface area contributed by atoms with Crippen molar-refractivity contribution in [1.82, 2.24) is 0 Å². The predicted molar refractivity (Wildman–Crippen MR) is 119 cm³/mol. The van der Waals surface area contributed by atoms with E-state index >= 15 is 0 Å². The fourth-order valence-electron chi connectivity index (χ4n) is 1.85. The minimum absolute atomic E-state index is 0.123. The lowest BCUT2D eigenvalue weighted by molar-refractivity contribution is -0.163. The van der Waals surface area contributed by atoms with Crippen molar-refractivity contribution in [2.45, 2.75) is 86.2 Å². The summed E-state index contributed by atoms with van der Waals surface area (Å²) < 4.78 is 42.0. The highest BCUT2D eigenvalue weighted by Gasteiger charge is 2.25. The van der Waals surface area contributed by atoms with E-state index in [4.69, 9.17) is 18.3 Å². The number of hydrogen-bond acceptors (Lipinski definition) is 10. The Labute approximate surface area is 192 Å². The van der Waals surface area contributed by atoms with E-state index in [1.54, 1.807) is 0 Å². The first-order valence-corrected chi connectivity index (χ1v) is 12.5. The first kappa shape index (κ1) is 32.7. The lowest BCUT2D eigenvalue weighted by atomic mass is 10.4. The fourth-order valence-corrected chi connectivity index (χ4v) is 3.13. The molecule has 0 aliphatic carbocycles. The van der Waals surface area contributed by atoms with Crippen LogP contribution in [0.4, 0.5) is 0 Å². The fraction of sp³-hybridized carbons (Fsp3) is 0.857. The van der Waals surface area contributed by atoms with E-state index in [0.717, 1.165) is 38.5 Å². The number of carbonyl (C=O) groups excluding carboxylic acids is 3. The largest absolute Gasteiger partial charge is 0.474 e. The van der Waals surface area contributed by atoms with Crippen LogP contribution in [-0.2, 0) is 46.7 Å². The molecule has 0 atom stereocenters. The number of rotatable bonds is 17. The van der Waals surface area contributed by atoms with Gasteiger partial charge in [0, 0.05) is 20.8 Å². The van der Waals surface area contributed by atoms with Crippen LogP contribution in [-0.4, -0.2) is 57.0 Å². The minimum atomic E-state index is -3.31. The zero-order valence-electron chi connectivity index (χ0n) is 20.4. The zero-order chi connectivity index (χ0) is 24.8. The average Bonchev–Trinajstić information content (AvgIpc) is 2.71. The van der Waals surface area contributed by atoms with Gasteiger partial charge in [-0.2, -0.15) is 0 Å². The molecule has 0 aliphatic rings. The Bertz CT molecular complexity index is 501. The van der Waals surface area contributed by atoms with Crippen molar-refractivity contribution < 1.29 is 46.7 Å². The summed E-state index contributed by atoms with van der Waals surface area (Å²) >= 11 is 0. The Morgan fingerprint density at radius 2 is 1.00 bits per heavy atom.